The van der Waals surface area contributed by atoms with Gasteiger partial charge in [0.15, 0.2) is 0 Å². The van der Waals surface area contributed by atoms with Crippen LogP contribution in [0, 0.1) is 0 Å². The van der Waals surface area contributed by atoms with Gasteiger partial charge >= 0.3 is 0 Å². The summed E-state index contributed by atoms with van der Waals surface area (Å²) in [7, 11) is 0. The van der Waals surface area contributed by atoms with Crippen molar-refractivity contribution in [1.82, 2.24) is 10.2 Å². The molecule has 1 rings (SSSR count). The van der Waals surface area contributed by atoms with Gasteiger partial charge in [0.05, 0.1) is 11.2 Å². The molecule has 0 aliphatic carbocycles. The second-order valence-electron chi connectivity index (χ2n) is 2.74. The minimum absolute atomic E-state index is 0. The molecule has 78 valence electrons. The summed E-state index contributed by atoms with van der Waals surface area (Å²) in [5.74, 6) is 1.67. The summed E-state index contributed by atoms with van der Waals surface area (Å²) in [6.07, 6.45) is 1.92. The van der Waals surface area contributed by atoms with Crippen molar-refractivity contribution in [2.75, 3.05) is 5.75 Å². The number of H-pyrrole nitrogens is 1. The zero-order valence-electron chi connectivity index (χ0n) is 9.22. The topological polar surface area (TPSA) is 28.7 Å². The van der Waals surface area contributed by atoms with E-state index in [1.165, 1.54) is 10.6 Å². The van der Waals surface area contributed by atoms with Crippen LogP contribution < -0.4 is 0 Å². The van der Waals surface area contributed by atoms with Crippen molar-refractivity contribution >= 4 is 11.8 Å². The maximum atomic E-state index is 4.02. The average molecular weight is 202 g/mol. The smallest absolute Gasteiger partial charge is 0.0942 e. The fourth-order valence-electron chi connectivity index (χ4n) is 0.955. The molecule has 0 aromatic carbocycles. The standard InChI is InChI=1S/C8H14N2S.C2H6.H2/c1-4-11-8-7(6(2)3)5-9-10-8;1-2;/h5-6H,4H2,1-3H3,(H,9,10);1-2H3;1H. The zero-order chi connectivity index (χ0) is 10.3. The Morgan fingerprint density at radius 3 is 2.62 bits per heavy atom. The van der Waals surface area contributed by atoms with Gasteiger partial charge in [-0.1, -0.05) is 34.6 Å². The van der Waals surface area contributed by atoms with Crippen LogP contribution in [-0.4, -0.2) is 16.0 Å². The molecule has 2 nitrogen and oxygen atoms in total. The van der Waals surface area contributed by atoms with Crippen molar-refractivity contribution in [3.63, 3.8) is 0 Å². The first kappa shape index (κ1) is 12.6. The highest BCUT2D eigenvalue weighted by molar-refractivity contribution is 7.99. The fraction of sp³-hybridized carbons (Fsp3) is 0.700. The first-order valence-electron chi connectivity index (χ1n) is 4.91. The summed E-state index contributed by atoms with van der Waals surface area (Å²) < 4.78 is 0. The highest BCUT2D eigenvalue weighted by Crippen LogP contribution is 2.25. The van der Waals surface area contributed by atoms with E-state index in [4.69, 9.17) is 0 Å². The van der Waals surface area contributed by atoms with Crippen LogP contribution in [0.2, 0.25) is 0 Å². The first-order chi connectivity index (χ1) is 6.25. The minimum Gasteiger partial charge on any atom is -0.272 e. The van der Waals surface area contributed by atoms with Crippen LogP contribution >= 0.6 is 11.8 Å². The zero-order valence-corrected chi connectivity index (χ0v) is 10.0. The highest BCUT2D eigenvalue weighted by Gasteiger charge is 2.07. The number of hydrogen-bond donors (Lipinski definition) is 1. The first-order valence-corrected chi connectivity index (χ1v) is 5.90. The lowest BCUT2D eigenvalue weighted by Gasteiger charge is -2.03. The SMILES string of the molecule is CC.CCSc1[nH]ncc1C(C)C.[HH]. The van der Waals surface area contributed by atoms with Gasteiger partial charge in [-0.2, -0.15) is 5.10 Å². The molecule has 3 heteroatoms. The van der Waals surface area contributed by atoms with E-state index in [-0.39, 0.29) is 1.43 Å². The predicted octanol–water partition coefficient (Wildman–Crippen LogP) is 3.92. The number of aromatic nitrogens is 2. The van der Waals surface area contributed by atoms with Crippen molar-refractivity contribution in [3.8, 4) is 0 Å². The van der Waals surface area contributed by atoms with E-state index in [0.29, 0.717) is 5.92 Å². The molecule has 0 radical (unpaired) electrons. The van der Waals surface area contributed by atoms with Crippen molar-refractivity contribution in [1.29, 1.82) is 0 Å². The molecule has 0 bridgehead atoms. The molecule has 0 saturated carbocycles. The van der Waals surface area contributed by atoms with E-state index in [1.807, 2.05) is 31.8 Å². The predicted molar refractivity (Wildman–Crippen MR) is 62.5 cm³/mol. The maximum Gasteiger partial charge on any atom is 0.0942 e. The molecule has 1 heterocycles. The van der Waals surface area contributed by atoms with Crippen LogP contribution in [0.5, 0.6) is 0 Å². The van der Waals surface area contributed by atoms with Gasteiger partial charge in [0.2, 0.25) is 0 Å². The Kier molecular flexibility index (Phi) is 6.77. The number of nitrogens with one attached hydrogen (secondary N) is 1. The van der Waals surface area contributed by atoms with E-state index in [2.05, 4.69) is 31.0 Å². The van der Waals surface area contributed by atoms with E-state index in [1.54, 1.807) is 0 Å². The van der Waals surface area contributed by atoms with Gasteiger partial charge in [0.1, 0.15) is 0 Å². The fourth-order valence-corrected chi connectivity index (χ4v) is 1.82. The monoisotopic (exact) mass is 202 g/mol. The molecular formula is C10H22N2S. The lowest BCUT2D eigenvalue weighted by Crippen LogP contribution is -1.86. The van der Waals surface area contributed by atoms with Gasteiger partial charge in [-0.05, 0) is 11.7 Å². The molecule has 0 spiro atoms. The number of thioether (sulfide) groups is 1. The molecule has 1 N–H and O–H groups in total. The normalized spacial score (nSPS) is 9.69. The Bertz CT molecular complexity index is 224. The van der Waals surface area contributed by atoms with Gasteiger partial charge in [0, 0.05) is 6.99 Å². The molecule has 0 aliphatic heterocycles. The third-order valence-corrected chi connectivity index (χ3v) is 2.45. The van der Waals surface area contributed by atoms with E-state index in [9.17, 15) is 0 Å². The van der Waals surface area contributed by atoms with E-state index >= 15 is 0 Å². The summed E-state index contributed by atoms with van der Waals surface area (Å²) in [4.78, 5) is 0. The number of hydrogen-bond acceptors (Lipinski definition) is 2. The van der Waals surface area contributed by atoms with Gasteiger partial charge in [-0.15, -0.1) is 11.8 Å². The third kappa shape index (κ3) is 3.85. The van der Waals surface area contributed by atoms with Crippen LogP contribution in [0.4, 0.5) is 0 Å². The summed E-state index contributed by atoms with van der Waals surface area (Å²) in [6, 6.07) is 0. The van der Waals surface area contributed by atoms with Crippen LogP contribution in [0.25, 0.3) is 0 Å². The Labute approximate surface area is 87.0 Å². The Balaban J connectivity index is 0. The molecule has 1 aromatic rings. The maximum absolute atomic E-state index is 4.02. The molecule has 0 aliphatic rings. The summed E-state index contributed by atoms with van der Waals surface area (Å²) in [6.45, 7) is 10.5. The molecule has 0 fully saturated rings. The second kappa shape index (κ2) is 7.01. The molecule has 0 atom stereocenters. The third-order valence-electron chi connectivity index (χ3n) is 1.54. The average Bonchev–Trinajstić information content (AvgIpc) is 2.57. The number of nitrogens with zero attached hydrogens (tertiary/aromatic N) is 1. The summed E-state index contributed by atoms with van der Waals surface area (Å²) in [5, 5.41) is 8.24. The molecule has 0 saturated heterocycles. The van der Waals surface area contributed by atoms with Crippen molar-refractivity contribution in [2.24, 2.45) is 0 Å². The quantitative estimate of drug-likeness (QED) is 0.753. The van der Waals surface area contributed by atoms with E-state index < -0.39 is 0 Å². The van der Waals surface area contributed by atoms with Gasteiger partial charge < -0.3 is 0 Å². The molecule has 0 amide bonds. The number of aromatic amines is 1. The summed E-state index contributed by atoms with van der Waals surface area (Å²) in [5.41, 5.74) is 1.33. The summed E-state index contributed by atoms with van der Waals surface area (Å²) >= 11 is 1.82. The lowest BCUT2D eigenvalue weighted by atomic mass is 10.1. The largest absolute Gasteiger partial charge is 0.272 e. The Morgan fingerprint density at radius 1 is 1.54 bits per heavy atom. The molecule has 0 unspecified atom stereocenters. The second-order valence-corrected chi connectivity index (χ2v) is 4.02. The van der Waals surface area contributed by atoms with Gasteiger partial charge in [0.25, 0.3) is 0 Å². The van der Waals surface area contributed by atoms with Crippen molar-refractivity contribution in [3.05, 3.63) is 11.8 Å². The van der Waals surface area contributed by atoms with Crippen LogP contribution in [0.15, 0.2) is 11.2 Å². The molecule has 1 aromatic heterocycles. The minimum atomic E-state index is 0. The van der Waals surface area contributed by atoms with Crippen LogP contribution in [0.3, 0.4) is 0 Å². The highest BCUT2D eigenvalue weighted by atomic mass is 32.2. The molecular weight excluding hydrogens is 180 g/mol. The van der Waals surface area contributed by atoms with Crippen LogP contribution in [-0.2, 0) is 0 Å². The van der Waals surface area contributed by atoms with Crippen molar-refractivity contribution < 1.29 is 1.43 Å². The number of rotatable bonds is 3. The lowest BCUT2D eigenvalue weighted by molar-refractivity contribution is 0.837. The molecule has 13 heavy (non-hydrogen) atoms. The van der Waals surface area contributed by atoms with E-state index in [0.717, 1.165) is 5.75 Å². The van der Waals surface area contributed by atoms with Gasteiger partial charge in [-0.3, -0.25) is 5.10 Å². The Morgan fingerprint density at radius 2 is 2.15 bits per heavy atom. The van der Waals surface area contributed by atoms with Crippen LogP contribution in [0.1, 0.15) is 47.5 Å². The Hall–Kier alpha value is -0.440. The van der Waals surface area contributed by atoms with Gasteiger partial charge in [-0.25, -0.2) is 0 Å². The van der Waals surface area contributed by atoms with Crippen molar-refractivity contribution in [2.45, 2.75) is 45.6 Å².